The van der Waals surface area contributed by atoms with Gasteiger partial charge in [-0.15, -0.1) is 0 Å². The SMILES string of the molecule is C[C@H]1[C@@H]2C(=Cc3ccccc32)c2ccc(Cl)cc2C1(C)C. The minimum Gasteiger partial charge on any atom is -0.0843 e. The van der Waals surface area contributed by atoms with Crippen LogP contribution in [0.3, 0.4) is 0 Å². The molecule has 4 rings (SSSR count). The fourth-order valence-electron chi connectivity index (χ4n) is 4.10. The highest BCUT2D eigenvalue weighted by Gasteiger charge is 2.45. The molecule has 2 atom stereocenters. The minimum absolute atomic E-state index is 0.125. The molecule has 0 amide bonds. The number of halogens is 1. The third-order valence-corrected chi connectivity index (χ3v) is 5.84. The molecule has 2 aliphatic rings. The molecule has 0 N–H and O–H groups in total. The van der Waals surface area contributed by atoms with Gasteiger partial charge in [0, 0.05) is 10.9 Å². The molecular weight excluding hydrogens is 276 g/mol. The number of hydrogen-bond donors (Lipinski definition) is 0. The normalized spacial score (nSPS) is 24.9. The number of allylic oxidation sites excluding steroid dienone is 1. The lowest BCUT2D eigenvalue weighted by molar-refractivity contribution is 0.312. The Bertz CT molecular complexity index is 767. The van der Waals surface area contributed by atoms with Gasteiger partial charge in [0.1, 0.15) is 0 Å². The molecule has 0 radical (unpaired) electrons. The second-order valence-electron chi connectivity index (χ2n) is 6.91. The summed E-state index contributed by atoms with van der Waals surface area (Å²) in [5.74, 6) is 1.06. The van der Waals surface area contributed by atoms with Gasteiger partial charge in [-0.25, -0.2) is 0 Å². The van der Waals surface area contributed by atoms with Gasteiger partial charge in [0.05, 0.1) is 0 Å². The van der Waals surface area contributed by atoms with Gasteiger partial charge in [-0.3, -0.25) is 0 Å². The summed E-state index contributed by atoms with van der Waals surface area (Å²) in [6.45, 7) is 7.08. The lowest BCUT2D eigenvalue weighted by atomic mass is 9.59. The Labute approximate surface area is 131 Å². The van der Waals surface area contributed by atoms with Crippen LogP contribution in [-0.4, -0.2) is 0 Å². The van der Waals surface area contributed by atoms with Crippen LogP contribution in [0.25, 0.3) is 11.6 Å². The van der Waals surface area contributed by atoms with Crippen molar-refractivity contribution in [2.45, 2.75) is 32.1 Å². The zero-order valence-electron chi connectivity index (χ0n) is 12.7. The van der Waals surface area contributed by atoms with Crippen molar-refractivity contribution in [3.63, 3.8) is 0 Å². The standard InChI is InChI=1S/C20H19Cl/c1-12-19-15-7-5-4-6-13(15)10-17(19)16-9-8-14(21)11-18(16)20(12,2)3/h4-12,19H,1-3H3/t12-,19-/m0/s1. The first-order chi connectivity index (χ1) is 10.00. The Morgan fingerprint density at radius 3 is 2.62 bits per heavy atom. The number of benzene rings is 2. The third kappa shape index (κ3) is 1.69. The van der Waals surface area contributed by atoms with E-state index < -0.39 is 0 Å². The van der Waals surface area contributed by atoms with Crippen molar-refractivity contribution in [1.29, 1.82) is 0 Å². The maximum atomic E-state index is 6.26. The molecule has 0 bridgehead atoms. The van der Waals surface area contributed by atoms with Crippen LogP contribution in [0.15, 0.2) is 42.5 Å². The fourth-order valence-corrected chi connectivity index (χ4v) is 4.27. The van der Waals surface area contributed by atoms with Crippen LogP contribution in [0, 0.1) is 5.92 Å². The van der Waals surface area contributed by atoms with Crippen LogP contribution in [-0.2, 0) is 5.41 Å². The average Bonchev–Trinajstić information content (AvgIpc) is 2.84. The molecular formula is C20H19Cl. The summed E-state index contributed by atoms with van der Waals surface area (Å²) in [6, 6.07) is 15.2. The smallest absolute Gasteiger partial charge is 0.0409 e. The molecule has 2 aromatic carbocycles. The highest BCUT2D eigenvalue weighted by atomic mass is 35.5. The van der Waals surface area contributed by atoms with E-state index in [9.17, 15) is 0 Å². The highest BCUT2D eigenvalue weighted by molar-refractivity contribution is 6.30. The first-order valence-corrected chi connectivity index (χ1v) is 7.99. The van der Waals surface area contributed by atoms with E-state index in [1.54, 1.807) is 0 Å². The summed E-state index contributed by atoms with van der Waals surface area (Å²) in [4.78, 5) is 0. The summed E-state index contributed by atoms with van der Waals surface area (Å²) in [5.41, 5.74) is 7.22. The Hall–Kier alpha value is -1.53. The molecule has 0 saturated heterocycles. The molecule has 2 aliphatic carbocycles. The molecule has 2 aromatic rings. The lowest BCUT2D eigenvalue weighted by Gasteiger charge is -2.44. The number of hydrogen-bond acceptors (Lipinski definition) is 0. The summed E-state index contributed by atoms with van der Waals surface area (Å²) in [7, 11) is 0. The summed E-state index contributed by atoms with van der Waals surface area (Å²) in [6.07, 6.45) is 2.37. The van der Waals surface area contributed by atoms with Gasteiger partial charge in [-0.1, -0.05) is 68.8 Å². The topological polar surface area (TPSA) is 0 Å². The summed E-state index contributed by atoms with van der Waals surface area (Å²) in [5, 5.41) is 0.837. The van der Waals surface area contributed by atoms with Crippen molar-refractivity contribution < 1.29 is 0 Å². The van der Waals surface area contributed by atoms with E-state index in [1.807, 2.05) is 6.07 Å². The van der Waals surface area contributed by atoms with Crippen molar-refractivity contribution in [1.82, 2.24) is 0 Å². The van der Waals surface area contributed by atoms with E-state index in [0.717, 1.165) is 5.02 Å². The molecule has 106 valence electrons. The van der Waals surface area contributed by atoms with Crippen LogP contribution >= 0.6 is 11.6 Å². The Balaban J connectivity index is 2.02. The van der Waals surface area contributed by atoms with E-state index in [2.05, 4.69) is 63.2 Å². The molecule has 0 fully saturated rings. The van der Waals surface area contributed by atoms with Crippen LogP contribution in [0.1, 0.15) is 48.9 Å². The van der Waals surface area contributed by atoms with Crippen LogP contribution < -0.4 is 0 Å². The van der Waals surface area contributed by atoms with Crippen LogP contribution in [0.5, 0.6) is 0 Å². The lowest BCUT2D eigenvalue weighted by Crippen LogP contribution is -2.36. The molecule has 0 spiro atoms. The maximum Gasteiger partial charge on any atom is 0.0409 e. The molecule has 0 aromatic heterocycles. The molecule has 1 heteroatoms. The number of fused-ring (bicyclic) bond motifs is 5. The first-order valence-electron chi connectivity index (χ1n) is 7.61. The molecule has 0 heterocycles. The zero-order chi connectivity index (χ0) is 14.8. The van der Waals surface area contributed by atoms with Crippen LogP contribution in [0.2, 0.25) is 5.02 Å². The van der Waals surface area contributed by atoms with Gasteiger partial charge in [-0.05, 0) is 51.3 Å². The van der Waals surface area contributed by atoms with E-state index in [4.69, 9.17) is 11.6 Å². The largest absolute Gasteiger partial charge is 0.0843 e. The van der Waals surface area contributed by atoms with Gasteiger partial charge < -0.3 is 0 Å². The van der Waals surface area contributed by atoms with Crippen molar-refractivity contribution in [3.8, 4) is 0 Å². The third-order valence-electron chi connectivity index (χ3n) is 5.60. The molecule has 21 heavy (non-hydrogen) atoms. The zero-order valence-corrected chi connectivity index (χ0v) is 13.4. The predicted molar refractivity (Wildman–Crippen MR) is 90.7 cm³/mol. The molecule has 0 nitrogen and oxygen atoms in total. The van der Waals surface area contributed by atoms with Gasteiger partial charge in [-0.2, -0.15) is 0 Å². The molecule has 0 unspecified atom stereocenters. The fraction of sp³-hybridized carbons (Fsp3) is 0.300. The maximum absolute atomic E-state index is 6.26. The summed E-state index contributed by atoms with van der Waals surface area (Å²) < 4.78 is 0. The monoisotopic (exact) mass is 294 g/mol. The minimum atomic E-state index is 0.125. The van der Waals surface area contributed by atoms with Gasteiger partial charge in [0.15, 0.2) is 0 Å². The Kier molecular flexibility index (Phi) is 2.65. The predicted octanol–water partition coefficient (Wildman–Crippen LogP) is 5.91. The van der Waals surface area contributed by atoms with Gasteiger partial charge >= 0.3 is 0 Å². The Morgan fingerprint density at radius 2 is 1.81 bits per heavy atom. The Morgan fingerprint density at radius 1 is 1.05 bits per heavy atom. The van der Waals surface area contributed by atoms with Crippen molar-refractivity contribution in [3.05, 3.63) is 69.7 Å². The van der Waals surface area contributed by atoms with E-state index in [1.165, 1.54) is 27.8 Å². The van der Waals surface area contributed by atoms with Gasteiger partial charge in [0.25, 0.3) is 0 Å². The van der Waals surface area contributed by atoms with Crippen molar-refractivity contribution in [2.24, 2.45) is 5.92 Å². The average molecular weight is 295 g/mol. The van der Waals surface area contributed by atoms with Crippen molar-refractivity contribution >= 4 is 23.3 Å². The first kappa shape index (κ1) is 13.2. The van der Waals surface area contributed by atoms with E-state index >= 15 is 0 Å². The van der Waals surface area contributed by atoms with Crippen LogP contribution in [0.4, 0.5) is 0 Å². The number of rotatable bonds is 0. The highest BCUT2D eigenvalue weighted by Crippen LogP contribution is 2.57. The molecule has 0 aliphatic heterocycles. The second kappa shape index (κ2) is 4.24. The molecule has 0 saturated carbocycles. The second-order valence-corrected chi connectivity index (χ2v) is 7.34. The quantitative estimate of drug-likeness (QED) is 0.567. The van der Waals surface area contributed by atoms with E-state index in [-0.39, 0.29) is 5.41 Å². The summed E-state index contributed by atoms with van der Waals surface area (Å²) >= 11 is 6.26. The van der Waals surface area contributed by atoms with E-state index in [0.29, 0.717) is 11.8 Å². The van der Waals surface area contributed by atoms with Crippen molar-refractivity contribution in [2.75, 3.05) is 0 Å². The van der Waals surface area contributed by atoms with Gasteiger partial charge in [0.2, 0.25) is 0 Å².